The predicted molar refractivity (Wildman–Crippen MR) is 103 cm³/mol. The number of hydrogen-bond donors (Lipinski definition) is 2. The van der Waals surface area contributed by atoms with Gasteiger partial charge in [-0.15, -0.1) is 12.4 Å². The van der Waals surface area contributed by atoms with Crippen LogP contribution >= 0.6 is 12.4 Å². The number of nitrogens with one attached hydrogen (secondary N) is 1. The molecule has 0 unspecified atom stereocenters. The van der Waals surface area contributed by atoms with E-state index < -0.39 is 0 Å². The van der Waals surface area contributed by atoms with Crippen molar-refractivity contribution in [2.45, 2.75) is 50.4 Å². The summed E-state index contributed by atoms with van der Waals surface area (Å²) in [6.45, 7) is 1.22. The lowest BCUT2D eigenvalue weighted by Gasteiger charge is -2.38. The van der Waals surface area contributed by atoms with Gasteiger partial charge in [0.05, 0.1) is 14.2 Å². The topological polar surface area (TPSA) is 73.6 Å². The Morgan fingerprint density at radius 3 is 2.44 bits per heavy atom. The van der Waals surface area contributed by atoms with Crippen molar-refractivity contribution in [1.82, 2.24) is 5.32 Å². The molecular weight excluding hydrogens is 340 g/mol. The quantitative estimate of drug-likeness (QED) is 0.737. The highest BCUT2D eigenvalue weighted by molar-refractivity contribution is 5.85. The van der Waals surface area contributed by atoms with E-state index in [0.717, 1.165) is 30.8 Å². The Morgan fingerprint density at radius 2 is 1.84 bits per heavy atom. The number of amides is 1. The van der Waals surface area contributed by atoms with Crippen LogP contribution in [0.2, 0.25) is 0 Å². The number of carbonyl (C=O) groups excluding carboxylic acids is 1. The third-order valence-corrected chi connectivity index (χ3v) is 5.04. The second kappa shape index (κ2) is 10.5. The summed E-state index contributed by atoms with van der Waals surface area (Å²) in [5.41, 5.74) is 6.69. The van der Waals surface area contributed by atoms with E-state index in [2.05, 4.69) is 17.4 Å². The van der Waals surface area contributed by atoms with Gasteiger partial charge in [0.15, 0.2) is 11.5 Å². The smallest absolute Gasteiger partial charge is 0.220 e. The first-order chi connectivity index (χ1) is 11.6. The summed E-state index contributed by atoms with van der Waals surface area (Å²) in [7, 11) is 3.30. The molecule has 1 aromatic rings. The van der Waals surface area contributed by atoms with Crippen molar-refractivity contribution in [2.24, 2.45) is 5.73 Å². The Balaban J connectivity index is 0.00000312. The first-order valence-electron chi connectivity index (χ1n) is 8.84. The molecule has 5 nitrogen and oxygen atoms in total. The standard InChI is InChI=1S/C19H30N2O3.ClH/c1-23-16-9-8-15(13-17(16)24-2)19(10-4-3-5-11-19)14-21-18(22)7-6-12-20;/h8-9,13H,3-7,10-12,14,20H2,1-2H3,(H,21,22);1H. The fourth-order valence-corrected chi connectivity index (χ4v) is 3.58. The fraction of sp³-hybridized carbons (Fsp3) is 0.632. The fourth-order valence-electron chi connectivity index (χ4n) is 3.58. The molecule has 0 bridgehead atoms. The minimum atomic E-state index is -0.0177. The average molecular weight is 371 g/mol. The first-order valence-corrected chi connectivity index (χ1v) is 8.84. The van der Waals surface area contributed by atoms with Crippen LogP contribution in [-0.4, -0.2) is 33.2 Å². The molecule has 0 spiro atoms. The van der Waals surface area contributed by atoms with Crippen molar-refractivity contribution < 1.29 is 14.3 Å². The summed E-state index contributed by atoms with van der Waals surface area (Å²) in [4.78, 5) is 12.0. The van der Waals surface area contributed by atoms with Crippen molar-refractivity contribution >= 4 is 18.3 Å². The van der Waals surface area contributed by atoms with Crippen LogP contribution in [0.25, 0.3) is 0 Å². The molecule has 1 aliphatic carbocycles. The number of rotatable bonds is 8. The number of hydrogen-bond acceptors (Lipinski definition) is 4. The molecule has 0 heterocycles. The zero-order valence-corrected chi connectivity index (χ0v) is 16.1. The van der Waals surface area contributed by atoms with E-state index in [-0.39, 0.29) is 23.7 Å². The minimum absolute atomic E-state index is 0. The van der Waals surface area contributed by atoms with Crippen LogP contribution in [0.5, 0.6) is 11.5 Å². The second-order valence-electron chi connectivity index (χ2n) is 6.58. The average Bonchev–Trinajstić information content (AvgIpc) is 2.64. The Morgan fingerprint density at radius 1 is 1.16 bits per heavy atom. The molecular formula is C19H31ClN2O3. The summed E-state index contributed by atoms with van der Waals surface area (Å²) in [6.07, 6.45) is 7.03. The zero-order valence-electron chi connectivity index (χ0n) is 15.3. The van der Waals surface area contributed by atoms with E-state index >= 15 is 0 Å². The molecule has 0 saturated heterocycles. The van der Waals surface area contributed by atoms with Crippen LogP contribution in [0.3, 0.4) is 0 Å². The number of ether oxygens (including phenoxy) is 2. The van der Waals surface area contributed by atoms with Gasteiger partial charge in [-0.25, -0.2) is 0 Å². The van der Waals surface area contributed by atoms with Crippen LogP contribution in [0.1, 0.15) is 50.5 Å². The van der Waals surface area contributed by atoms with Crippen LogP contribution in [0.4, 0.5) is 0 Å². The van der Waals surface area contributed by atoms with Crippen LogP contribution < -0.4 is 20.5 Å². The Labute approximate surface area is 157 Å². The van der Waals surface area contributed by atoms with E-state index in [0.29, 0.717) is 19.5 Å². The number of methoxy groups -OCH3 is 2. The third kappa shape index (κ3) is 5.51. The van der Waals surface area contributed by atoms with E-state index in [4.69, 9.17) is 15.2 Å². The second-order valence-corrected chi connectivity index (χ2v) is 6.58. The molecule has 3 N–H and O–H groups in total. The Hall–Kier alpha value is -1.46. The Kier molecular flexibility index (Phi) is 9.08. The van der Waals surface area contributed by atoms with Crippen molar-refractivity contribution in [2.75, 3.05) is 27.3 Å². The SMILES string of the molecule is COc1ccc(C2(CNC(=O)CCCN)CCCCC2)cc1OC.Cl. The van der Waals surface area contributed by atoms with Gasteiger partial charge in [0, 0.05) is 18.4 Å². The molecule has 1 saturated carbocycles. The highest BCUT2D eigenvalue weighted by atomic mass is 35.5. The monoisotopic (exact) mass is 370 g/mol. The lowest BCUT2D eigenvalue weighted by atomic mass is 9.69. The summed E-state index contributed by atoms with van der Waals surface area (Å²) in [5, 5.41) is 3.13. The van der Waals surface area contributed by atoms with Crippen molar-refractivity contribution in [3.05, 3.63) is 23.8 Å². The maximum absolute atomic E-state index is 12.0. The van der Waals surface area contributed by atoms with Crippen LogP contribution in [-0.2, 0) is 10.2 Å². The molecule has 1 amide bonds. The van der Waals surface area contributed by atoms with E-state index in [1.54, 1.807) is 14.2 Å². The van der Waals surface area contributed by atoms with Crippen molar-refractivity contribution in [1.29, 1.82) is 0 Å². The number of halogens is 1. The molecule has 1 aliphatic rings. The molecule has 6 heteroatoms. The molecule has 25 heavy (non-hydrogen) atoms. The van der Waals surface area contributed by atoms with Gasteiger partial charge in [0.25, 0.3) is 0 Å². The normalized spacial score (nSPS) is 15.8. The minimum Gasteiger partial charge on any atom is -0.493 e. The summed E-state index contributed by atoms with van der Waals surface area (Å²) in [5.74, 6) is 1.57. The van der Waals surface area contributed by atoms with Gasteiger partial charge in [-0.1, -0.05) is 25.3 Å². The Bertz CT molecular complexity index is 545. The van der Waals surface area contributed by atoms with Gasteiger partial charge in [0.2, 0.25) is 5.91 Å². The maximum atomic E-state index is 12.0. The van der Waals surface area contributed by atoms with E-state index in [1.807, 2.05) is 6.07 Å². The predicted octanol–water partition coefficient (Wildman–Crippen LogP) is 3.18. The number of nitrogens with two attached hydrogens (primary N) is 1. The lowest BCUT2D eigenvalue weighted by molar-refractivity contribution is -0.121. The van der Waals surface area contributed by atoms with Gasteiger partial charge in [-0.3, -0.25) is 4.79 Å². The number of benzene rings is 1. The number of carbonyl (C=O) groups is 1. The molecule has 0 aromatic heterocycles. The van der Waals surface area contributed by atoms with Gasteiger partial charge in [-0.05, 0) is 43.5 Å². The molecule has 1 aromatic carbocycles. The van der Waals surface area contributed by atoms with Crippen LogP contribution in [0.15, 0.2) is 18.2 Å². The van der Waals surface area contributed by atoms with Crippen molar-refractivity contribution in [3.63, 3.8) is 0 Å². The summed E-state index contributed by atoms with van der Waals surface area (Å²) < 4.78 is 10.8. The van der Waals surface area contributed by atoms with Crippen molar-refractivity contribution in [3.8, 4) is 11.5 Å². The van der Waals surface area contributed by atoms with Gasteiger partial charge in [0.1, 0.15) is 0 Å². The molecule has 142 valence electrons. The largest absolute Gasteiger partial charge is 0.493 e. The summed E-state index contributed by atoms with van der Waals surface area (Å²) in [6, 6.07) is 6.13. The first kappa shape index (κ1) is 21.6. The van der Waals surface area contributed by atoms with Gasteiger partial charge < -0.3 is 20.5 Å². The third-order valence-electron chi connectivity index (χ3n) is 5.04. The van der Waals surface area contributed by atoms with E-state index in [1.165, 1.54) is 24.8 Å². The van der Waals surface area contributed by atoms with E-state index in [9.17, 15) is 4.79 Å². The lowest BCUT2D eigenvalue weighted by Crippen LogP contribution is -2.42. The van der Waals surface area contributed by atoms with Gasteiger partial charge in [-0.2, -0.15) is 0 Å². The molecule has 0 aliphatic heterocycles. The highest BCUT2D eigenvalue weighted by Crippen LogP contribution is 2.42. The van der Waals surface area contributed by atoms with Crippen LogP contribution in [0, 0.1) is 0 Å². The molecule has 2 rings (SSSR count). The van der Waals surface area contributed by atoms with Gasteiger partial charge >= 0.3 is 0 Å². The molecule has 0 atom stereocenters. The maximum Gasteiger partial charge on any atom is 0.220 e. The zero-order chi connectivity index (χ0) is 17.4. The highest BCUT2D eigenvalue weighted by Gasteiger charge is 2.34. The summed E-state index contributed by atoms with van der Waals surface area (Å²) >= 11 is 0. The molecule has 1 fully saturated rings. The molecule has 0 radical (unpaired) electrons.